The van der Waals surface area contributed by atoms with Gasteiger partial charge in [0.2, 0.25) is 0 Å². The summed E-state index contributed by atoms with van der Waals surface area (Å²) in [5, 5.41) is 6.64. The molecule has 2 aromatic rings. The number of ether oxygens (including phenoxy) is 1. The lowest BCUT2D eigenvalue weighted by Crippen LogP contribution is -2.12. The van der Waals surface area contributed by atoms with Crippen LogP contribution >= 0.6 is 0 Å². The monoisotopic (exact) mass is 232 g/mol. The number of carbonyl (C=O) groups excluding carboxylic acids is 1. The maximum atomic E-state index is 11.2. The minimum atomic E-state index is -0.493. The molecule has 1 amide bonds. The van der Waals surface area contributed by atoms with Crippen molar-refractivity contribution in [2.45, 2.75) is 6.92 Å². The molecule has 0 radical (unpaired) electrons. The molecule has 0 aromatic carbocycles. The third kappa shape index (κ3) is 2.81. The Labute approximate surface area is 98.2 Å². The normalized spacial score (nSPS) is 9.94. The zero-order valence-electron chi connectivity index (χ0n) is 9.33. The molecule has 0 saturated carbocycles. The molecule has 0 saturated heterocycles. The van der Waals surface area contributed by atoms with Crippen LogP contribution in [0.2, 0.25) is 0 Å². The second-order valence-electron chi connectivity index (χ2n) is 3.21. The highest BCUT2D eigenvalue weighted by atomic mass is 16.5. The van der Waals surface area contributed by atoms with Crippen LogP contribution in [0.25, 0.3) is 5.82 Å². The van der Waals surface area contributed by atoms with E-state index in [0.717, 1.165) is 0 Å². The van der Waals surface area contributed by atoms with Crippen LogP contribution in [0.5, 0.6) is 0 Å². The average molecular weight is 232 g/mol. The SMILES string of the molecule is CCOC(=O)Nc1cnn(-c2ccccn2)c1. The van der Waals surface area contributed by atoms with Crippen LogP contribution in [-0.2, 0) is 4.74 Å². The van der Waals surface area contributed by atoms with Crippen LogP contribution in [0.15, 0.2) is 36.8 Å². The number of anilines is 1. The van der Waals surface area contributed by atoms with Crippen LogP contribution in [0.4, 0.5) is 10.5 Å². The third-order valence-corrected chi connectivity index (χ3v) is 1.99. The number of hydrogen-bond acceptors (Lipinski definition) is 4. The van der Waals surface area contributed by atoms with E-state index in [1.54, 1.807) is 24.0 Å². The average Bonchev–Trinajstić information content (AvgIpc) is 2.79. The van der Waals surface area contributed by atoms with Gasteiger partial charge in [0.15, 0.2) is 5.82 Å². The summed E-state index contributed by atoms with van der Waals surface area (Å²) in [7, 11) is 0. The van der Waals surface area contributed by atoms with Crippen LogP contribution in [0, 0.1) is 0 Å². The first-order valence-corrected chi connectivity index (χ1v) is 5.19. The van der Waals surface area contributed by atoms with E-state index >= 15 is 0 Å². The van der Waals surface area contributed by atoms with Crippen LogP contribution in [0.3, 0.4) is 0 Å². The zero-order valence-corrected chi connectivity index (χ0v) is 9.33. The van der Waals surface area contributed by atoms with Crippen LogP contribution in [-0.4, -0.2) is 27.5 Å². The number of nitrogens with one attached hydrogen (secondary N) is 1. The van der Waals surface area contributed by atoms with E-state index in [-0.39, 0.29) is 0 Å². The van der Waals surface area contributed by atoms with E-state index in [2.05, 4.69) is 15.4 Å². The number of rotatable bonds is 3. The summed E-state index contributed by atoms with van der Waals surface area (Å²) in [6, 6.07) is 5.51. The predicted octanol–water partition coefficient (Wildman–Crippen LogP) is 1.84. The molecule has 6 nitrogen and oxygen atoms in total. The van der Waals surface area contributed by atoms with Gasteiger partial charge >= 0.3 is 6.09 Å². The molecule has 0 fully saturated rings. The fourth-order valence-electron chi connectivity index (χ4n) is 1.29. The van der Waals surface area contributed by atoms with Crippen molar-refractivity contribution < 1.29 is 9.53 Å². The second kappa shape index (κ2) is 5.11. The van der Waals surface area contributed by atoms with Crippen LogP contribution < -0.4 is 5.32 Å². The van der Waals surface area contributed by atoms with Gasteiger partial charge in [-0.2, -0.15) is 5.10 Å². The molecular formula is C11H12N4O2. The summed E-state index contributed by atoms with van der Waals surface area (Å²) in [6.07, 6.45) is 4.38. The molecule has 0 atom stereocenters. The molecule has 0 aliphatic carbocycles. The lowest BCUT2D eigenvalue weighted by Gasteiger charge is -2.01. The zero-order chi connectivity index (χ0) is 12.1. The van der Waals surface area contributed by atoms with Crippen molar-refractivity contribution in [3.05, 3.63) is 36.8 Å². The molecule has 0 spiro atoms. The van der Waals surface area contributed by atoms with Gasteiger partial charge in [-0.3, -0.25) is 5.32 Å². The summed E-state index contributed by atoms with van der Waals surface area (Å²) in [6.45, 7) is 2.08. The minimum Gasteiger partial charge on any atom is -0.450 e. The second-order valence-corrected chi connectivity index (χ2v) is 3.21. The Morgan fingerprint density at radius 1 is 1.53 bits per heavy atom. The fraction of sp³-hybridized carbons (Fsp3) is 0.182. The highest BCUT2D eigenvalue weighted by Crippen LogP contribution is 2.09. The summed E-state index contributed by atoms with van der Waals surface area (Å²) in [5.74, 6) is 0.685. The first-order valence-electron chi connectivity index (χ1n) is 5.19. The number of pyridine rings is 1. The number of nitrogens with zero attached hydrogens (tertiary/aromatic N) is 3. The molecule has 2 heterocycles. The smallest absolute Gasteiger partial charge is 0.411 e. The topological polar surface area (TPSA) is 69.0 Å². The molecule has 2 rings (SSSR count). The quantitative estimate of drug-likeness (QED) is 0.876. The van der Waals surface area contributed by atoms with Crippen molar-refractivity contribution in [3.8, 4) is 5.82 Å². The van der Waals surface area contributed by atoms with Crippen molar-refractivity contribution in [1.82, 2.24) is 14.8 Å². The van der Waals surface area contributed by atoms with E-state index in [4.69, 9.17) is 4.74 Å². The Kier molecular flexibility index (Phi) is 3.34. The molecular weight excluding hydrogens is 220 g/mol. The summed E-state index contributed by atoms with van der Waals surface area (Å²) >= 11 is 0. The van der Waals surface area contributed by atoms with Gasteiger partial charge in [-0.05, 0) is 19.1 Å². The Hall–Kier alpha value is -2.37. The maximum Gasteiger partial charge on any atom is 0.411 e. The summed E-state index contributed by atoms with van der Waals surface area (Å²) in [4.78, 5) is 15.3. The number of amides is 1. The van der Waals surface area contributed by atoms with Gasteiger partial charge < -0.3 is 4.74 Å². The summed E-state index contributed by atoms with van der Waals surface area (Å²) < 4.78 is 6.33. The highest BCUT2D eigenvalue weighted by molar-refractivity contribution is 5.84. The van der Waals surface area contributed by atoms with Crippen LogP contribution in [0.1, 0.15) is 6.92 Å². The first-order chi connectivity index (χ1) is 8.29. The lowest BCUT2D eigenvalue weighted by molar-refractivity contribution is 0.168. The van der Waals surface area contributed by atoms with Gasteiger partial charge in [-0.25, -0.2) is 14.5 Å². The molecule has 88 valence electrons. The number of carbonyl (C=O) groups is 1. The van der Waals surface area contributed by atoms with Gasteiger partial charge in [-0.1, -0.05) is 6.07 Å². The summed E-state index contributed by atoms with van der Waals surface area (Å²) in [5.41, 5.74) is 0.564. The standard InChI is InChI=1S/C11H12N4O2/c1-2-17-11(16)14-9-7-13-15(8-9)10-5-3-4-6-12-10/h3-8H,2H2,1H3,(H,14,16). The molecule has 0 aliphatic heterocycles. The van der Waals surface area contributed by atoms with Crippen molar-refractivity contribution in [3.63, 3.8) is 0 Å². The molecule has 17 heavy (non-hydrogen) atoms. The number of hydrogen-bond donors (Lipinski definition) is 1. The van der Waals surface area contributed by atoms with E-state index in [9.17, 15) is 4.79 Å². The molecule has 0 unspecified atom stereocenters. The Morgan fingerprint density at radius 2 is 2.41 bits per heavy atom. The van der Waals surface area contributed by atoms with Crippen molar-refractivity contribution in [2.75, 3.05) is 11.9 Å². The molecule has 6 heteroatoms. The van der Waals surface area contributed by atoms with E-state index in [0.29, 0.717) is 18.1 Å². The van der Waals surface area contributed by atoms with Gasteiger partial charge in [0, 0.05) is 6.20 Å². The van der Waals surface area contributed by atoms with Crippen molar-refractivity contribution >= 4 is 11.8 Å². The molecule has 0 aliphatic rings. The lowest BCUT2D eigenvalue weighted by atomic mass is 10.5. The van der Waals surface area contributed by atoms with E-state index in [1.165, 1.54) is 6.20 Å². The van der Waals surface area contributed by atoms with Gasteiger partial charge in [-0.15, -0.1) is 0 Å². The number of aromatic nitrogens is 3. The largest absolute Gasteiger partial charge is 0.450 e. The third-order valence-electron chi connectivity index (χ3n) is 1.99. The van der Waals surface area contributed by atoms with Crippen molar-refractivity contribution in [1.29, 1.82) is 0 Å². The first kappa shape index (κ1) is 11.1. The maximum absolute atomic E-state index is 11.2. The van der Waals surface area contributed by atoms with E-state index < -0.39 is 6.09 Å². The fourth-order valence-corrected chi connectivity index (χ4v) is 1.29. The Bertz CT molecular complexity index is 495. The highest BCUT2D eigenvalue weighted by Gasteiger charge is 2.05. The predicted molar refractivity (Wildman–Crippen MR) is 62.0 cm³/mol. The minimum absolute atomic E-state index is 0.334. The molecule has 0 bridgehead atoms. The van der Waals surface area contributed by atoms with Gasteiger partial charge in [0.1, 0.15) is 0 Å². The van der Waals surface area contributed by atoms with Crippen molar-refractivity contribution in [2.24, 2.45) is 0 Å². The van der Waals surface area contributed by atoms with E-state index in [1.807, 2.05) is 18.2 Å². The van der Waals surface area contributed by atoms with Gasteiger partial charge in [0.25, 0.3) is 0 Å². The molecule has 2 aromatic heterocycles. The Balaban J connectivity index is 2.09. The Morgan fingerprint density at radius 3 is 3.12 bits per heavy atom. The van der Waals surface area contributed by atoms with Gasteiger partial charge in [0.05, 0.1) is 24.7 Å². The molecule has 1 N–H and O–H groups in total.